The van der Waals surface area contributed by atoms with Gasteiger partial charge in [-0.1, -0.05) is 52.0 Å². The Bertz CT molecular complexity index is 379. The quantitative estimate of drug-likeness (QED) is 0.842. The molecule has 0 amide bonds. The molecule has 1 N–H and O–H groups in total. The summed E-state index contributed by atoms with van der Waals surface area (Å²) in [6.07, 6.45) is 2.96. The van der Waals surface area contributed by atoms with Crippen LogP contribution in [0.15, 0.2) is 24.3 Å². The van der Waals surface area contributed by atoms with Crippen molar-refractivity contribution in [2.45, 2.75) is 58.5 Å². The molecule has 1 aliphatic rings. The first-order valence-electron chi connectivity index (χ1n) is 6.59. The highest BCUT2D eigenvalue weighted by molar-refractivity contribution is 5.28. The summed E-state index contributed by atoms with van der Waals surface area (Å²) < 4.78 is 0. The van der Waals surface area contributed by atoms with Crippen molar-refractivity contribution in [2.24, 2.45) is 5.41 Å². The number of benzene rings is 1. The predicted molar refractivity (Wildman–Crippen MR) is 72.2 cm³/mol. The minimum Gasteiger partial charge on any atom is -0.392 e. The highest BCUT2D eigenvalue weighted by Gasteiger charge is 2.43. The van der Waals surface area contributed by atoms with Gasteiger partial charge in [-0.2, -0.15) is 0 Å². The van der Waals surface area contributed by atoms with E-state index in [9.17, 15) is 5.11 Å². The standard InChI is InChI=1S/C16H24O/c1-15(2,3)13-7-5-12(6-8-13)11-14(17)16(4)9-10-16/h5-8,14,17H,9-11H2,1-4H3. The van der Waals surface area contributed by atoms with Gasteiger partial charge in [-0.05, 0) is 41.2 Å². The van der Waals surface area contributed by atoms with Gasteiger partial charge in [0.2, 0.25) is 0 Å². The van der Waals surface area contributed by atoms with Crippen molar-refractivity contribution in [1.29, 1.82) is 0 Å². The third-order valence-electron chi connectivity index (χ3n) is 4.09. The summed E-state index contributed by atoms with van der Waals surface area (Å²) in [6, 6.07) is 8.71. The zero-order valence-electron chi connectivity index (χ0n) is 11.5. The molecule has 2 rings (SSSR count). The van der Waals surface area contributed by atoms with Crippen LogP contribution in [0.25, 0.3) is 0 Å². The van der Waals surface area contributed by atoms with Crippen molar-refractivity contribution in [2.75, 3.05) is 0 Å². The maximum atomic E-state index is 10.1. The minimum atomic E-state index is -0.178. The molecule has 0 aliphatic heterocycles. The molecule has 1 nitrogen and oxygen atoms in total. The molecule has 94 valence electrons. The second kappa shape index (κ2) is 4.13. The molecule has 1 saturated carbocycles. The lowest BCUT2D eigenvalue weighted by Crippen LogP contribution is -2.21. The molecule has 1 unspecified atom stereocenters. The zero-order valence-corrected chi connectivity index (χ0v) is 11.5. The van der Waals surface area contributed by atoms with Crippen LogP contribution in [-0.2, 0) is 11.8 Å². The molecular weight excluding hydrogens is 208 g/mol. The lowest BCUT2D eigenvalue weighted by Gasteiger charge is -2.21. The first-order chi connectivity index (χ1) is 7.81. The Hall–Kier alpha value is -0.820. The van der Waals surface area contributed by atoms with Gasteiger partial charge in [-0.3, -0.25) is 0 Å². The van der Waals surface area contributed by atoms with Crippen molar-refractivity contribution in [1.82, 2.24) is 0 Å². The first-order valence-corrected chi connectivity index (χ1v) is 6.59. The van der Waals surface area contributed by atoms with E-state index in [0.29, 0.717) is 0 Å². The summed E-state index contributed by atoms with van der Waals surface area (Å²) in [7, 11) is 0. The topological polar surface area (TPSA) is 20.2 Å². The number of hydrogen-bond donors (Lipinski definition) is 1. The van der Waals surface area contributed by atoms with Crippen LogP contribution in [0.3, 0.4) is 0 Å². The number of rotatable bonds is 3. The normalized spacial score (nSPS) is 20.1. The van der Waals surface area contributed by atoms with E-state index in [4.69, 9.17) is 0 Å². The van der Waals surface area contributed by atoms with Crippen LogP contribution in [0, 0.1) is 5.41 Å². The fourth-order valence-corrected chi connectivity index (χ4v) is 2.14. The number of aliphatic hydroxyl groups is 1. The van der Waals surface area contributed by atoms with E-state index in [1.807, 2.05) is 0 Å². The van der Waals surface area contributed by atoms with Crippen LogP contribution in [0.4, 0.5) is 0 Å². The molecule has 0 heterocycles. The van der Waals surface area contributed by atoms with Gasteiger partial charge >= 0.3 is 0 Å². The Morgan fingerprint density at radius 2 is 1.71 bits per heavy atom. The molecule has 0 radical (unpaired) electrons. The average Bonchev–Trinajstić information content (AvgIpc) is 2.97. The van der Waals surface area contributed by atoms with Gasteiger partial charge in [0, 0.05) is 0 Å². The molecule has 0 bridgehead atoms. The summed E-state index contributed by atoms with van der Waals surface area (Å²) >= 11 is 0. The average molecular weight is 232 g/mol. The van der Waals surface area contributed by atoms with Crippen LogP contribution in [0.5, 0.6) is 0 Å². The SMILES string of the molecule is CC(C)(C)c1ccc(CC(O)C2(C)CC2)cc1. The highest BCUT2D eigenvalue weighted by atomic mass is 16.3. The molecule has 17 heavy (non-hydrogen) atoms. The van der Waals surface area contributed by atoms with Gasteiger partial charge in [0.25, 0.3) is 0 Å². The maximum Gasteiger partial charge on any atom is 0.0634 e. The Balaban J connectivity index is 2.03. The Morgan fingerprint density at radius 1 is 1.18 bits per heavy atom. The summed E-state index contributed by atoms with van der Waals surface area (Å²) in [5, 5.41) is 10.1. The molecule has 1 aromatic carbocycles. The largest absolute Gasteiger partial charge is 0.392 e. The Morgan fingerprint density at radius 3 is 2.12 bits per heavy atom. The molecule has 0 spiro atoms. The smallest absolute Gasteiger partial charge is 0.0634 e. The fourth-order valence-electron chi connectivity index (χ4n) is 2.14. The molecule has 1 fully saturated rings. The minimum absolute atomic E-state index is 0.178. The van der Waals surface area contributed by atoms with Crippen LogP contribution in [0.1, 0.15) is 51.7 Å². The zero-order chi connectivity index (χ0) is 12.7. The molecular formula is C16H24O. The van der Waals surface area contributed by atoms with Crippen LogP contribution < -0.4 is 0 Å². The maximum absolute atomic E-state index is 10.1. The van der Waals surface area contributed by atoms with E-state index < -0.39 is 0 Å². The van der Waals surface area contributed by atoms with Crippen molar-refractivity contribution in [3.8, 4) is 0 Å². The van der Waals surface area contributed by atoms with E-state index >= 15 is 0 Å². The van der Waals surface area contributed by atoms with Crippen molar-refractivity contribution < 1.29 is 5.11 Å². The van der Waals surface area contributed by atoms with E-state index in [2.05, 4.69) is 52.0 Å². The Labute approximate surface area is 105 Å². The van der Waals surface area contributed by atoms with E-state index in [0.717, 1.165) is 6.42 Å². The summed E-state index contributed by atoms with van der Waals surface area (Å²) in [6.45, 7) is 8.85. The predicted octanol–water partition coefficient (Wildman–Crippen LogP) is 3.69. The van der Waals surface area contributed by atoms with Crippen LogP contribution >= 0.6 is 0 Å². The third-order valence-corrected chi connectivity index (χ3v) is 4.09. The second-order valence-corrected chi connectivity index (χ2v) is 6.82. The molecule has 1 aromatic rings. The summed E-state index contributed by atoms with van der Waals surface area (Å²) in [5.41, 5.74) is 3.01. The van der Waals surface area contributed by atoms with Crippen molar-refractivity contribution >= 4 is 0 Å². The highest BCUT2D eigenvalue weighted by Crippen LogP contribution is 2.48. The lowest BCUT2D eigenvalue weighted by molar-refractivity contribution is 0.103. The van der Waals surface area contributed by atoms with E-state index in [1.54, 1.807) is 0 Å². The van der Waals surface area contributed by atoms with E-state index in [1.165, 1.54) is 24.0 Å². The number of aliphatic hydroxyl groups excluding tert-OH is 1. The van der Waals surface area contributed by atoms with Crippen molar-refractivity contribution in [3.63, 3.8) is 0 Å². The monoisotopic (exact) mass is 232 g/mol. The van der Waals surface area contributed by atoms with Gasteiger partial charge < -0.3 is 5.11 Å². The summed E-state index contributed by atoms with van der Waals surface area (Å²) in [5.74, 6) is 0. The second-order valence-electron chi connectivity index (χ2n) is 6.82. The molecule has 0 aromatic heterocycles. The Kier molecular flexibility index (Phi) is 3.07. The fraction of sp³-hybridized carbons (Fsp3) is 0.625. The van der Waals surface area contributed by atoms with Crippen molar-refractivity contribution in [3.05, 3.63) is 35.4 Å². The lowest BCUT2D eigenvalue weighted by atomic mass is 9.86. The number of hydrogen-bond acceptors (Lipinski definition) is 1. The van der Waals surface area contributed by atoms with Gasteiger partial charge in [-0.25, -0.2) is 0 Å². The van der Waals surface area contributed by atoms with Gasteiger partial charge in [0.15, 0.2) is 0 Å². The molecule has 1 heteroatoms. The van der Waals surface area contributed by atoms with Gasteiger partial charge in [-0.15, -0.1) is 0 Å². The van der Waals surface area contributed by atoms with Gasteiger partial charge in [0.05, 0.1) is 6.10 Å². The van der Waals surface area contributed by atoms with Crippen LogP contribution in [0.2, 0.25) is 0 Å². The van der Waals surface area contributed by atoms with Crippen LogP contribution in [-0.4, -0.2) is 11.2 Å². The first kappa shape index (κ1) is 12.6. The molecule has 1 atom stereocenters. The summed E-state index contributed by atoms with van der Waals surface area (Å²) in [4.78, 5) is 0. The molecule has 1 aliphatic carbocycles. The van der Waals surface area contributed by atoms with E-state index in [-0.39, 0.29) is 16.9 Å². The molecule has 0 saturated heterocycles. The third kappa shape index (κ3) is 2.90. The van der Waals surface area contributed by atoms with Gasteiger partial charge in [0.1, 0.15) is 0 Å².